The van der Waals surface area contributed by atoms with Crippen molar-refractivity contribution in [1.29, 1.82) is 0 Å². The molecule has 1 rings (SSSR count). The second-order valence-corrected chi connectivity index (χ2v) is 2.39. The summed E-state index contributed by atoms with van der Waals surface area (Å²) in [5, 5.41) is 8.96. The Morgan fingerprint density at radius 3 is 2.40 bits per heavy atom. The Morgan fingerprint density at radius 1 is 1.30 bits per heavy atom. The minimum absolute atomic E-state index is 0.0254. The van der Waals surface area contributed by atoms with Crippen LogP contribution in [0.15, 0.2) is 11.3 Å². The van der Waals surface area contributed by atoms with Crippen LogP contribution >= 0.6 is 0 Å². The molecule has 0 fully saturated rings. The van der Waals surface area contributed by atoms with Gasteiger partial charge in [-0.05, 0) is 6.92 Å². The molecule has 1 aliphatic rings. The molecule has 3 heteroatoms. The van der Waals surface area contributed by atoms with E-state index in [-0.39, 0.29) is 30.2 Å². The first-order chi connectivity index (χ1) is 4.61. The van der Waals surface area contributed by atoms with Gasteiger partial charge in [-0.1, -0.05) is 0 Å². The Kier molecular flexibility index (Phi) is 1.57. The molecular formula is C7H8O3. The normalized spacial score (nSPS) is 20.1. The Hall–Kier alpha value is -1.12. The lowest BCUT2D eigenvalue weighted by Gasteiger charge is -2.09. The predicted molar refractivity (Wildman–Crippen MR) is 34.6 cm³/mol. The predicted octanol–water partition coefficient (Wildman–Crippen LogP) is 0.750. The van der Waals surface area contributed by atoms with Crippen LogP contribution in [-0.2, 0) is 9.59 Å². The Morgan fingerprint density at radius 2 is 1.90 bits per heavy atom. The molecule has 0 aliphatic heterocycles. The summed E-state index contributed by atoms with van der Waals surface area (Å²) in [5.74, 6) is -0.525. The van der Waals surface area contributed by atoms with Crippen molar-refractivity contribution < 1.29 is 14.7 Å². The van der Waals surface area contributed by atoms with Gasteiger partial charge in [0.05, 0.1) is 12.8 Å². The molecule has 0 saturated heterocycles. The fourth-order valence-electron chi connectivity index (χ4n) is 0.854. The highest BCUT2D eigenvalue weighted by Crippen LogP contribution is 2.15. The average Bonchev–Trinajstić information content (AvgIpc) is 1.82. The molecule has 0 aromatic rings. The molecule has 10 heavy (non-hydrogen) atoms. The molecule has 0 radical (unpaired) electrons. The van der Waals surface area contributed by atoms with Crippen molar-refractivity contribution in [3.63, 3.8) is 0 Å². The number of allylic oxidation sites excluding steroid dienone is 2. The van der Waals surface area contributed by atoms with Crippen molar-refractivity contribution in [2.45, 2.75) is 19.8 Å². The summed E-state index contributed by atoms with van der Waals surface area (Å²) in [4.78, 5) is 21.4. The van der Waals surface area contributed by atoms with Gasteiger partial charge in [0.2, 0.25) is 0 Å². The summed E-state index contributed by atoms with van der Waals surface area (Å²) in [6.45, 7) is 1.53. The maximum atomic E-state index is 10.8. The monoisotopic (exact) mass is 140 g/mol. The van der Waals surface area contributed by atoms with E-state index >= 15 is 0 Å². The van der Waals surface area contributed by atoms with Gasteiger partial charge in [-0.2, -0.15) is 0 Å². The molecule has 0 saturated carbocycles. The van der Waals surface area contributed by atoms with E-state index in [1.807, 2.05) is 0 Å². The number of hydrogen-bond acceptors (Lipinski definition) is 3. The van der Waals surface area contributed by atoms with Crippen LogP contribution in [0.5, 0.6) is 0 Å². The van der Waals surface area contributed by atoms with Crippen molar-refractivity contribution in [3.8, 4) is 0 Å². The lowest BCUT2D eigenvalue weighted by Crippen LogP contribution is -2.17. The Bertz CT molecular complexity index is 225. The fraction of sp³-hybridized carbons (Fsp3) is 0.429. The van der Waals surface area contributed by atoms with Crippen LogP contribution in [0.25, 0.3) is 0 Å². The lowest BCUT2D eigenvalue weighted by molar-refractivity contribution is -0.126. The van der Waals surface area contributed by atoms with Gasteiger partial charge in [0, 0.05) is 5.57 Å². The van der Waals surface area contributed by atoms with Crippen LogP contribution in [0.1, 0.15) is 19.8 Å². The molecule has 1 aliphatic carbocycles. The minimum Gasteiger partial charge on any atom is -0.511 e. The zero-order chi connectivity index (χ0) is 7.72. The average molecular weight is 140 g/mol. The molecule has 0 aromatic carbocycles. The third-order valence-electron chi connectivity index (χ3n) is 1.57. The van der Waals surface area contributed by atoms with Gasteiger partial charge in [-0.25, -0.2) is 0 Å². The second-order valence-electron chi connectivity index (χ2n) is 2.39. The molecule has 0 amide bonds. The van der Waals surface area contributed by atoms with Gasteiger partial charge in [0.15, 0.2) is 5.78 Å². The number of rotatable bonds is 0. The first-order valence-corrected chi connectivity index (χ1v) is 3.05. The zero-order valence-corrected chi connectivity index (χ0v) is 5.68. The highest BCUT2D eigenvalue weighted by molar-refractivity contribution is 6.10. The number of aliphatic hydroxyl groups excluding tert-OH is 1. The minimum atomic E-state index is -0.256. The van der Waals surface area contributed by atoms with Crippen LogP contribution in [0.2, 0.25) is 0 Å². The topological polar surface area (TPSA) is 54.4 Å². The fourth-order valence-corrected chi connectivity index (χ4v) is 0.854. The van der Waals surface area contributed by atoms with Crippen molar-refractivity contribution in [2.75, 3.05) is 0 Å². The maximum Gasteiger partial charge on any atom is 0.169 e. The smallest absolute Gasteiger partial charge is 0.169 e. The first-order valence-electron chi connectivity index (χ1n) is 3.05. The van der Waals surface area contributed by atoms with Crippen molar-refractivity contribution in [2.24, 2.45) is 0 Å². The Balaban J connectivity index is 2.95. The third-order valence-corrected chi connectivity index (χ3v) is 1.57. The molecule has 3 nitrogen and oxygen atoms in total. The maximum absolute atomic E-state index is 10.8. The standard InChI is InChI=1S/C7H8O3/c1-4-6(9)2-5(8)3-7(4)10/h9H,2-3H2,1H3. The van der Waals surface area contributed by atoms with Crippen LogP contribution in [0.4, 0.5) is 0 Å². The molecular weight excluding hydrogens is 132 g/mol. The zero-order valence-electron chi connectivity index (χ0n) is 5.68. The summed E-state index contributed by atoms with van der Waals surface area (Å²) in [6, 6.07) is 0. The lowest BCUT2D eigenvalue weighted by atomic mass is 9.97. The van der Waals surface area contributed by atoms with Gasteiger partial charge in [0.1, 0.15) is 11.5 Å². The van der Waals surface area contributed by atoms with Crippen molar-refractivity contribution in [1.82, 2.24) is 0 Å². The van der Waals surface area contributed by atoms with E-state index in [1.54, 1.807) is 0 Å². The van der Waals surface area contributed by atoms with E-state index in [0.29, 0.717) is 5.57 Å². The Labute approximate surface area is 58.4 Å². The van der Waals surface area contributed by atoms with Gasteiger partial charge >= 0.3 is 0 Å². The van der Waals surface area contributed by atoms with Gasteiger partial charge in [0.25, 0.3) is 0 Å². The third kappa shape index (κ3) is 1.07. The summed E-state index contributed by atoms with van der Waals surface area (Å²) < 4.78 is 0. The van der Waals surface area contributed by atoms with Crippen LogP contribution in [0.3, 0.4) is 0 Å². The van der Waals surface area contributed by atoms with Crippen LogP contribution in [0, 0.1) is 0 Å². The summed E-state index contributed by atoms with van der Waals surface area (Å²) in [5.41, 5.74) is 0.333. The quantitative estimate of drug-likeness (QED) is 0.505. The number of carbonyl (C=O) groups excluding carboxylic acids is 2. The van der Waals surface area contributed by atoms with E-state index in [4.69, 9.17) is 5.11 Å². The number of hydrogen-bond donors (Lipinski definition) is 1. The molecule has 0 aromatic heterocycles. The number of ketones is 2. The number of Topliss-reactive ketones (excluding diaryl/α,β-unsaturated/α-hetero) is 2. The van der Waals surface area contributed by atoms with Gasteiger partial charge in [-0.15, -0.1) is 0 Å². The van der Waals surface area contributed by atoms with Crippen molar-refractivity contribution >= 4 is 11.6 Å². The highest BCUT2D eigenvalue weighted by atomic mass is 16.3. The van der Waals surface area contributed by atoms with Crippen LogP contribution < -0.4 is 0 Å². The largest absolute Gasteiger partial charge is 0.511 e. The summed E-state index contributed by atoms with van der Waals surface area (Å²) in [6.07, 6.45) is -0.0204. The molecule has 54 valence electrons. The van der Waals surface area contributed by atoms with Gasteiger partial charge in [-0.3, -0.25) is 9.59 Å². The number of aliphatic hydroxyl groups is 1. The highest BCUT2D eigenvalue weighted by Gasteiger charge is 2.21. The summed E-state index contributed by atoms with van der Waals surface area (Å²) >= 11 is 0. The van der Waals surface area contributed by atoms with Crippen molar-refractivity contribution in [3.05, 3.63) is 11.3 Å². The molecule has 0 spiro atoms. The van der Waals surface area contributed by atoms with E-state index in [0.717, 1.165) is 0 Å². The van der Waals surface area contributed by atoms with E-state index < -0.39 is 0 Å². The molecule has 0 heterocycles. The van der Waals surface area contributed by atoms with E-state index in [9.17, 15) is 9.59 Å². The summed E-state index contributed by atoms with van der Waals surface area (Å²) in [7, 11) is 0. The second kappa shape index (κ2) is 2.25. The molecule has 0 atom stereocenters. The molecule has 0 bridgehead atoms. The van der Waals surface area contributed by atoms with E-state index in [1.165, 1.54) is 6.92 Å². The SMILES string of the molecule is CC1=C(O)CC(=O)CC1=O. The molecule has 0 unspecified atom stereocenters. The van der Waals surface area contributed by atoms with Gasteiger partial charge < -0.3 is 5.11 Å². The van der Waals surface area contributed by atoms with E-state index in [2.05, 4.69) is 0 Å². The molecule has 1 N–H and O–H groups in total. The first kappa shape index (κ1) is 6.99. The number of carbonyl (C=O) groups is 2. The van der Waals surface area contributed by atoms with Crippen LogP contribution in [-0.4, -0.2) is 16.7 Å².